The molecule has 0 aliphatic carbocycles. The summed E-state index contributed by atoms with van der Waals surface area (Å²) in [5.41, 5.74) is 2.47. The van der Waals surface area contributed by atoms with Crippen molar-refractivity contribution in [3.8, 4) is 6.07 Å². The molecule has 2 aromatic heterocycles. The van der Waals surface area contributed by atoms with E-state index in [1.165, 1.54) is 11.8 Å². The number of hydrogen-bond donors (Lipinski definition) is 1. The molecule has 5 nitrogen and oxygen atoms in total. The van der Waals surface area contributed by atoms with E-state index in [2.05, 4.69) is 20.2 Å². The van der Waals surface area contributed by atoms with Crippen molar-refractivity contribution in [3.63, 3.8) is 0 Å². The van der Waals surface area contributed by atoms with Crippen molar-refractivity contribution in [3.05, 3.63) is 24.3 Å². The first kappa shape index (κ1) is 10.1. The minimum atomic E-state index is 0.327. The topological polar surface area (TPSA) is 78.2 Å². The first-order chi connectivity index (χ1) is 8.38. The maximum atomic E-state index is 8.50. The summed E-state index contributed by atoms with van der Waals surface area (Å²) in [5.74, 6) is 0.327. The van der Waals surface area contributed by atoms with Crippen molar-refractivity contribution < 1.29 is 0 Å². The van der Waals surface area contributed by atoms with E-state index < -0.39 is 0 Å². The first-order valence-electron chi connectivity index (χ1n) is 4.99. The van der Waals surface area contributed by atoms with Gasteiger partial charge in [0.05, 0.1) is 11.8 Å². The van der Waals surface area contributed by atoms with Crippen LogP contribution in [0.4, 0.5) is 0 Å². The maximum absolute atomic E-state index is 8.50. The van der Waals surface area contributed by atoms with Crippen molar-refractivity contribution in [2.75, 3.05) is 5.75 Å². The highest BCUT2D eigenvalue weighted by atomic mass is 32.2. The summed E-state index contributed by atoms with van der Waals surface area (Å²) >= 11 is 1.28. The SMILES string of the molecule is N#CCSc1nnc2c(n1)[nH]c1ccccc12. The van der Waals surface area contributed by atoms with Gasteiger partial charge in [0.1, 0.15) is 5.52 Å². The van der Waals surface area contributed by atoms with E-state index in [4.69, 9.17) is 5.26 Å². The lowest BCUT2D eigenvalue weighted by Crippen LogP contribution is -1.91. The second-order valence-corrected chi connectivity index (χ2v) is 4.35. The number of rotatable bonds is 2. The Hall–Kier alpha value is -2.13. The molecule has 6 heteroatoms. The van der Waals surface area contributed by atoms with E-state index in [0.717, 1.165) is 16.4 Å². The molecule has 0 aliphatic heterocycles. The van der Waals surface area contributed by atoms with Crippen molar-refractivity contribution in [1.82, 2.24) is 20.2 Å². The molecule has 0 saturated heterocycles. The van der Waals surface area contributed by atoms with Gasteiger partial charge in [-0.3, -0.25) is 0 Å². The number of nitriles is 1. The van der Waals surface area contributed by atoms with Gasteiger partial charge in [0.2, 0.25) is 5.16 Å². The van der Waals surface area contributed by atoms with E-state index in [-0.39, 0.29) is 0 Å². The Morgan fingerprint density at radius 3 is 3.06 bits per heavy atom. The Morgan fingerprint density at radius 1 is 1.29 bits per heavy atom. The normalized spacial score (nSPS) is 10.8. The van der Waals surface area contributed by atoms with Crippen molar-refractivity contribution in [1.29, 1.82) is 5.26 Å². The standard InChI is InChI=1S/C11H7N5S/c12-5-6-17-11-14-10-9(15-16-11)7-3-1-2-4-8(7)13-10/h1-4H,6H2,(H,13,14,16). The summed E-state index contributed by atoms with van der Waals surface area (Å²) < 4.78 is 0. The van der Waals surface area contributed by atoms with Crippen LogP contribution in [0, 0.1) is 11.3 Å². The molecule has 0 atom stereocenters. The molecule has 0 bridgehead atoms. The highest BCUT2D eigenvalue weighted by Crippen LogP contribution is 2.22. The molecule has 1 N–H and O–H groups in total. The number of para-hydroxylation sites is 1. The largest absolute Gasteiger partial charge is 0.338 e. The monoisotopic (exact) mass is 241 g/mol. The number of aromatic nitrogens is 4. The van der Waals surface area contributed by atoms with Gasteiger partial charge in [-0.25, -0.2) is 4.98 Å². The van der Waals surface area contributed by atoms with Gasteiger partial charge in [-0.15, -0.1) is 10.2 Å². The van der Waals surface area contributed by atoms with Crippen LogP contribution in [0.1, 0.15) is 0 Å². The number of nitrogens with one attached hydrogen (secondary N) is 1. The van der Waals surface area contributed by atoms with Gasteiger partial charge in [-0.05, 0) is 6.07 Å². The maximum Gasteiger partial charge on any atom is 0.212 e. The van der Waals surface area contributed by atoms with E-state index in [9.17, 15) is 0 Å². The van der Waals surface area contributed by atoms with Crippen molar-refractivity contribution >= 4 is 33.8 Å². The van der Waals surface area contributed by atoms with Crippen LogP contribution in [0.25, 0.3) is 22.1 Å². The Labute approximate surface area is 101 Å². The van der Waals surface area contributed by atoms with Gasteiger partial charge in [-0.2, -0.15) is 5.26 Å². The van der Waals surface area contributed by atoms with Gasteiger partial charge in [-0.1, -0.05) is 30.0 Å². The smallest absolute Gasteiger partial charge is 0.212 e. The summed E-state index contributed by atoms with van der Waals surface area (Å²) in [6, 6.07) is 9.90. The third-order valence-electron chi connectivity index (χ3n) is 2.37. The Morgan fingerprint density at radius 2 is 2.18 bits per heavy atom. The fourth-order valence-corrected chi connectivity index (χ4v) is 2.11. The van der Waals surface area contributed by atoms with E-state index in [1.54, 1.807) is 0 Å². The summed E-state index contributed by atoms with van der Waals surface area (Å²) in [5, 5.41) is 18.2. The average Bonchev–Trinajstić information content (AvgIpc) is 2.74. The van der Waals surface area contributed by atoms with Crippen LogP contribution in [0.5, 0.6) is 0 Å². The van der Waals surface area contributed by atoms with E-state index in [1.807, 2.05) is 30.3 Å². The fourth-order valence-electron chi connectivity index (χ4n) is 1.66. The molecular formula is C11H7N5S. The predicted octanol–water partition coefficient (Wildman–Crippen LogP) is 2.12. The van der Waals surface area contributed by atoms with Crippen LogP contribution < -0.4 is 0 Å². The molecular weight excluding hydrogens is 234 g/mol. The number of H-pyrrole nitrogens is 1. The van der Waals surface area contributed by atoms with Gasteiger partial charge < -0.3 is 4.98 Å². The average molecular weight is 241 g/mol. The zero-order chi connectivity index (χ0) is 11.7. The molecule has 82 valence electrons. The molecule has 1 aromatic carbocycles. The molecule has 3 rings (SSSR count). The highest BCUT2D eigenvalue weighted by Gasteiger charge is 2.08. The third kappa shape index (κ3) is 1.70. The Kier molecular flexibility index (Phi) is 2.38. The molecule has 0 aliphatic rings. The number of thioether (sulfide) groups is 1. The molecule has 0 saturated carbocycles. The van der Waals surface area contributed by atoms with Crippen LogP contribution in [-0.4, -0.2) is 25.9 Å². The Bertz CT molecular complexity index is 727. The van der Waals surface area contributed by atoms with Gasteiger partial charge >= 0.3 is 0 Å². The summed E-state index contributed by atoms with van der Waals surface area (Å²) in [7, 11) is 0. The lowest BCUT2D eigenvalue weighted by atomic mass is 10.2. The molecule has 0 spiro atoms. The van der Waals surface area contributed by atoms with Crippen LogP contribution >= 0.6 is 11.8 Å². The van der Waals surface area contributed by atoms with E-state index in [0.29, 0.717) is 16.6 Å². The van der Waals surface area contributed by atoms with Gasteiger partial charge in [0.25, 0.3) is 0 Å². The minimum absolute atomic E-state index is 0.327. The predicted molar refractivity (Wildman–Crippen MR) is 65.5 cm³/mol. The zero-order valence-electron chi connectivity index (χ0n) is 8.71. The summed E-state index contributed by atoms with van der Waals surface area (Å²) in [6.07, 6.45) is 0. The Balaban J connectivity index is 2.17. The lowest BCUT2D eigenvalue weighted by molar-refractivity contribution is 0.879. The molecule has 0 fully saturated rings. The molecule has 2 heterocycles. The first-order valence-corrected chi connectivity index (χ1v) is 5.98. The van der Waals surface area contributed by atoms with Gasteiger partial charge in [0, 0.05) is 10.9 Å². The summed E-state index contributed by atoms with van der Waals surface area (Å²) in [4.78, 5) is 7.52. The number of hydrogen-bond acceptors (Lipinski definition) is 5. The molecule has 0 amide bonds. The summed E-state index contributed by atoms with van der Waals surface area (Å²) in [6.45, 7) is 0. The lowest BCUT2D eigenvalue weighted by Gasteiger charge is -1.93. The van der Waals surface area contributed by atoms with E-state index >= 15 is 0 Å². The quantitative estimate of drug-likeness (QED) is 0.695. The second-order valence-electron chi connectivity index (χ2n) is 3.41. The fraction of sp³-hybridized carbons (Fsp3) is 0.0909. The number of benzene rings is 1. The number of aromatic amines is 1. The molecule has 17 heavy (non-hydrogen) atoms. The zero-order valence-corrected chi connectivity index (χ0v) is 9.53. The minimum Gasteiger partial charge on any atom is -0.338 e. The molecule has 0 unspecified atom stereocenters. The number of nitrogens with zero attached hydrogens (tertiary/aromatic N) is 4. The molecule has 0 radical (unpaired) electrons. The van der Waals surface area contributed by atoms with Crippen molar-refractivity contribution in [2.24, 2.45) is 0 Å². The second kappa shape index (κ2) is 4.03. The third-order valence-corrected chi connectivity index (χ3v) is 3.07. The van der Waals surface area contributed by atoms with Crippen LogP contribution in [0.15, 0.2) is 29.4 Å². The molecule has 3 aromatic rings. The number of fused-ring (bicyclic) bond motifs is 3. The van der Waals surface area contributed by atoms with Crippen LogP contribution in [0.2, 0.25) is 0 Å². The van der Waals surface area contributed by atoms with Crippen LogP contribution in [0.3, 0.4) is 0 Å². The van der Waals surface area contributed by atoms with Gasteiger partial charge in [0.15, 0.2) is 5.65 Å². The van der Waals surface area contributed by atoms with Crippen molar-refractivity contribution in [2.45, 2.75) is 5.16 Å². The highest BCUT2D eigenvalue weighted by molar-refractivity contribution is 7.99. The van der Waals surface area contributed by atoms with Crippen LogP contribution in [-0.2, 0) is 0 Å².